The lowest BCUT2D eigenvalue weighted by Gasteiger charge is -2.21. The van der Waals surface area contributed by atoms with Gasteiger partial charge in [-0.25, -0.2) is 0 Å². The van der Waals surface area contributed by atoms with Crippen LogP contribution in [0, 0.1) is 0 Å². The van der Waals surface area contributed by atoms with Gasteiger partial charge in [-0.2, -0.15) is 0 Å². The van der Waals surface area contributed by atoms with Crippen LogP contribution in [0.4, 0.5) is 0 Å². The van der Waals surface area contributed by atoms with E-state index in [0.717, 1.165) is 0 Å². The van der Waals surface area contributed by atoms with Crippen molar-refractivity contribution in [2.45, 2.75) is 94.9 Å². The second-order valence-corrected chi connectivity index (χ2v) is 8.39. The fraction of sp³-hybridized carbons (Fsp3) is 0.467. The second kappa shape index (κ2) is 15.7. The van der Waals surface area contributed by atoms with Gasteiger partial charge in [0.25, 0.3) is 0 Å². The Balaban J connectivity index is -0.000000409. The first-order valence-corrected chi connectivity index (χ1v) is 10.7. The van der Waals surface area contributed by atoms with E-state index in [9.17, 15) is 0 Å². The van der Waals surface area contributed by atoms with Gasteiger partial charge >= 0.3 is 0 Å². The molecule has 0 unspecified atom stereocenters. The summed E-state index contributed by atoms with van der Waals surface area (Å²) >= 11 is 0. The highest BCUT2D eigenvalue weighted by molar-refractivity contribution is 5.86. The SMILES string of the molecule is C.CC.CC.CC(C)(C)c1cccc2ccccc12.CC(C)(C)c1ccccc1.[2H]C. The molecule has 0 aliphatic heterocycles. The molecule has 0 heteroatoms. The summed E-state index contributed by atoms with van der Waals surface area (Å²) in [6, 6.07) is 25.7. The van der Waals surface area contributed by atoms with Crippen molar-refractivity contribution in [3.8, 4) is 0 Å². The van der Waals surface area contributed by atoms with Crippen LogP contribution in [0.25, 0.3) is 10.8 Å². The van der Waals surface area contributed by atoms with Crippen LogP contribution < -0.4 is 0 Å². The predicted molar refractivity (Wildman–Crippen MR) is 144 cm³/mol. The van der Waals surface area contributed by atoms with Crippen molar-refractivity contribution in [3.05, 3.63) is 83.9 Å². The van der Waals surface area contributed by atoms with E-state index in [2.05, 4.69) is 114 Å². The van der Waals surface area contributed by atoms with Crippen LogP contribution in [-0.2, 0) is 10.8 Å². The highest BCUT2D eigenvalue weighted by Crippen LogP contribution is 2.29. The van der Waals surface area contributed by atoms with E-state index in [0.29, 0.717) is 5.41 Å². The van der Waals surface area contributed by atoms with E-state index in [4.69, 9.17) is 1.37 Å². The number of benzene rings is 3. The monoisotopic (exact) mass is 411 g/mol. The molecule has 3 aromatic rings. The molecule has 0 nitrogen and oxygen atoms in total. The largest absolute Gasteiger partial charge is 0.0776 e. The lowest BCUT2D eigenvalue weighted by Crippen LogP contribution is -2.11. The molecule has 0 bridgehead atoms. The molecule has 0 N–H and O–H groups in total. The standard InChI is InChI=1S/C14H16.C10H14.2C2H6.2CH4/c1-14(2,3)13-10-6-8-11-7-4-5-9-12(11)13;1-10(2,3)9-7-5-4-6-8-9;2*1-2;;/h4-10H,1-3H3;4-8H,1-3H3;2*1-2H3;2*1H4/i;;;;1D;. The summed E-state index contributed by atoms with van der Waals surface area (Å²) in [7, 11) is 1.25. The number of rotatable bonds is 0. The minimum atomic E-state index is 0. The maximum atomic E-state index is 5.75. The van der Waals surface area contributed by atoms with Gasteiger partial charge < -0.3 is 0 Å². The first-order chi connectivity index (χ1) is 14.2. The Morgan fingerprint density at radius 3 is 1.40 bits per heavy atom. The molecule has 0 radical (unpaired) electrons. The van der Waals surface area contributed by atoms with Gasteiger partial charge in [-0.05, 0) is 32.7 Å². The third-order valence-electron chi connectivity index (χ3n) is 4.24. The molecule has 0 fully saturated rings. The van der Waals surface area contributed by atoms with E-state index < -0.39 is 0 Å². The zero-order valence-corrected chi connectivity index (χ0v) is 20.9. The third-order valence-corrected chi connectivity index (χ3v) is 4.24. The molecule has 0 heterocycles. The van der Waals surface area contributed by atoms with Crippen LogP contribution in [0.5, 0.6) is 0 Å². The average molecular weight is 412 g/mol. The molecule has 0 aromatic heterocycles. The molecule has 0 spiro atoms. The van der Waals surface area contributed by atoms with E-state index in [1.54, 1.807) is 0 Å². The lowest BCUT2D eigenvalue weighted by atomic mass is 9.84. The Kier molecular flexibility index (Phi) is 15.8. The number of hydrogen-bond donors (Lipinski definition) is 0. The molecule has 3 rings (SSSR count). The van der Waals surface area contributed by atoms with Crippen LogP contribution in [-0.4, -0.2) is 0 Å². The van der Waals surface area contributed by atoms with E-state index >= 15 is 0 Å². The predicted octanol–water partition coefficient (Wildman–Crippen LogP) is 10.4. The van der Waals surface area contributed by atoms with Crippen molar-refractivity contribution in [1.29, 1.82) is 0 Å². The van der Waals surface area contributed by atoms with Crippen LogP contribution in [0.15, 0.2) is 72.8 Å². The molecule has 0 aliphatic carbocycles. The highest BCUT2D eigenvalue weighted by Gasteiger charge is 2.15. The first kappa shape index (κ1) is 30.1. The third kappa shape index (κ3) is 10.6. The smallest absolute Gasteiger partial charge is 0.0194 e. The van der Waals surface area contributed by atoms with Crippen molar-refractivity contribution >= 4 is 10.8 Å². The fourth-order valence-corrected chi connectivity index (χ4v) is 2.82. The number of hydrogen-bond acceptors (Lipinski definition) is 0. The minimum absolute atomic E-state index is 0. The molecule has 0 atom stereocenters. The molecule has 170 valence electrons. The van der Waals surface area contributed by atoms with Crippen molar-refractivity contribution in [1.82, 2.24) is 0 Å². The van der Waals surface area contributed by atoms with E-state index in [1.807, 2.05) is 27.7 Å². The molecule has 0 aliphatic rings. The van der Waals surface area contributed by atoms with Gasteiger partial charge in [-0.15, -0.1) is 0 Å². The molecular weight excluding hydrogens is 360 g/mol. The van der Waals surface area contributed by atoms with Gasteiger partial charge in [0, 0.05) is 1.37 Å². The fourth-order valence-electron chi connectivity index (χ4n) is 2.82. The van der Waals surface area contributed by atoms with Crippen molar-refractivity contribution in [3.63, 3.8) is 0 Å². The molecule has 30 heavy (non-hydrogen) atoms. The first-order valence-electron chi connectivity index (χ1n) is 11.7. The molecule has 3 aromatic carbocycles. The Hall–Kier alpha value is -2.08. The van der Waals surface area contributed by atoms with E-state index in [1.165, 1.54) is 29.3 Å². The molecular formula is C30H50. The van der Waals surface area contributed by atoms with Gasteiger partial charge in [-0.3, -0.25) is 0 Å². The summed E-state index contributed by atoms with van der Waals surface area (Å²) in [5.41, 5.74) is 3.34. The summed E-state index contributed by atoms with van der Waals surface area (Å²) in [6.45, 7) is 21.4. The van der Waals surface area contributed by atoms with Gasteiger partial charge in [0.1, 0.15) is 0 Å². The van der Waals surface area contributed by atoms with Crippen LogP contribution >= 0.6 is 0 Å². The van der Waals surface area contributed by atoms with Crippen molar-refractivity contribution in [2.24, 2.45) is 0 Å². The van der Waals surface area contributed by atoms with Crippen LogP contribution in [0.1, 0.15) is 96.6 Å². The van der Waals surface area contributed by atoms with E-state index in [-0.39, 0.29) is 12.8 Å². The zero-order chi connectivity index (χ0) is 23.8. The second-order valence-electron chi connectivity index (χ2n) is 8.39. The summed E-state index contributed by atoms with van der Waals surface area (Å²) in [4.78, 5) is 0. The average Bonchev–Trinajstić information content (AvgIpc) is 2.77. The van der Waals surface area contributed by atoms with Crippen LogP contribution in [0.2, 0.25) is 0 Å². The van der Waals surface area contributed by atoms with Gasteiger partial charge in [0.05, 0.1) is 0 Å². The molecule has 0 saturated carbocycles. The summed E-state index contributed by atoms with van der Waals surface area (Å²) in [6.07, 6.45) is 0. The maximum Gasteiger partial charge on any atom is 0.0194 e. The Bertz CT molecular complexity index is 769. The topological polar surface area (TPSA) is 0 Å². The normalized spacial score (nSPS) is 10.0. The zero-order valence-electron chi connectivity index (χ0n) is 21.9. The summed E-state index contributed by atoms with van der Waals surface area (Å²) < 4.78 is 5.75. The molecule has 0 amide bonds. The Morgan fingerprint density at radius 2 is 0.967 bits per heavy atom. The van der Waals surface area contributed by atoms with Gasteiger partial charge in [-0.1, -0.05) is 157 Å². The quantitative estimate of drug-likeness (QED) is 0.345. The summed E-state index contributed by atoms with van der Waals surface area (Å²) in [5, 5.41) is 2.71. The number of fused-ring (bicyclic) bond motifs is 1. The maximum absolute atomic E-state index is 5.75. The highest BCUT2D eigenvalue weighted by atomic mass is 14.2. The lowest BCUT2D eigenvalue weighted by molar-refractivity contribution is 0.590. The van der Waals surface area contributed by atoms with Gasteiger partial charge in [0.2, 0.25) is 0 Å². The Labute approximate surface area is 191 Å². The van der Waals surface area contributed by atoms with Gasteiger partial charge in [0.15, 0.2) is 0 Å². The van der Waals surface area contributed by atoms with Crippen molar-refractivity contribution in [2.75, 3.05) is 0 Å². The minimum Gasteiger partial charge on any atom is -0.0776 e. The van der Waals surface area contributed by atoms with Crippen LogP contribution in [0.3, 0.4) is 0 Å². The summed E-state index contributed by atoms with van der Waals surface area (Å²) in [5.74, 6) is 0. The molecule has 0 saturated heterocycles. The van der Waals surface area contributed by atoms with Crippen molar-refractivity contribution < 1.29 is 1.37 Å². The Morgan fingerprint density at radius 1 is 0.533 bits per heavy atom.